The second-order valence-electron chi connectivity index (χ2n) is 3.65. The van der Waals surface area contributed by atoms with E-state index in [1.165, 1.54) is 0 Å². The maximum atomic E-state index is 6.13. The summed E-state index contributed by atoms with van der Waals surface area (Å²) in [6.45, 7) is 0. The van der Waals surface area contributed by atoms with Gasteiger partial charge < -0.3 is 5.73 Å². The number of nitrogens with two attached hydrogens (primary N) is 1. The molecule has 3 rings (SSSR count). The van der Waals surface area contributed by atoms with E-state index in [9.17, 15) is 0 Å². The molecule has 2 aromatic heterocycles. The first-order valence-corrected chi connectivity index (χ1v) is 5.48. The van der Waals surface area contributed by atoms with Crippen molar-refractivity contribution in [1.29, 1.82) is 0 Å². The van der Waals surface area contributed by atoms with E-state index in [4.69, 9.17) is 17.3 Å². The molecule has 0 saturated carbocycles. The van der Waals surface area contributed by atoms with Crippen molar-refractivity contribution >= 4 is 23.1 Å². The highest BCUT2D eigenvalue weighted by molar-refractivity contribution is 6.33. The predicted molar refractivity (Wildman–Crippen MR) is 67.8 cm³/mol. The van der Waals surface area contributed by atoms with Crippen molar-refractivity contribution < 1.29 is 0 Å². The van der Waals surface area contributed by atoms with Gasteiger partial charge >= 0.3 is 0 Å². The topological polar surface area (TPSA) is 56.2 Å². The van der Waals surface area contributed by atoms with E-state index >= 15 is 0 Å². The van der Waals surface area contributed by atoms with Crippen molar-refractivity contribution in [2.75, 3.05) is 5.73 Å². The van der Waals surface area contributed by atoms with Crippen molar-refractivity contribution in [3.8, 4) is 11.3 Å². The lowest BCUT2D eigenvalue weighted by atomic mass is 10.1. The van der Waals surface area contributed by atoms with Crippen LogP contribution in [0.5, 0.6) is 0 Å². The van der Waals surface area contributed by atoms with E-state index in [-0.39, 0.29) is 0 Å². The monoisotopic (exact) mass is 244 g/mol. The Morgan fingerprint density at radius 2 is 2.00 bits per heavy atom. The van der Waals surface area contributed by atoms with E-state index in [0.29, 0.717) is 16.5 Å². The number of hydrogen-bond acceptors (Lipinski definition) is 3. The molecule has 84 valence electrons. The molecule has 1 aromatic carbocycles. The largest absolute Gasteiger partial charge is 0.384 e. The molecule has 3 aromatic rings. The number of fused-ring (bicyclic) bond motifs is 1. The minimum absolute atomic E-state index is 0.549. The molecule has 0 aliphatic heterocycles. The van der Waals surface area contributed by atoms with Gasteiger partial charge in [-0.3, -0.25) is 0 Å². The highest BCUT2D eigenvalue weighted by Crippen LogP contribution is 2.27. The maximum Gasteiger partial charge on any atom is 0.157 e. The molecule has 0 aliphatic carbocycles. The molecule has 0 spiro atoms. The molecule has 0 bridgehead atoms. The number of anilines is 1. The SMILES string of the molecule is Nc1ccnc2cc(-c3ccccc3Cl)nn12. The fourth-order valence-electron chi connectivity index (χ4n) is 1.71. The van der Waals surface area contributed by atoms with Gasteiger partial charge in [0.25, 0.3) is 0 Å². The Hall–Kier alpha value is -2.07. The van der Waals surface area contributed by atoms with Gasteiger partial charge in [-0.15, -0.1) is 0 Å². The Labute approximate surface area is 103 Å². The quantitative estimate of drug-likeness (QED) is 0.716. The summed E-state index contributed by atoms with van der Waals surface area (Å²) < 4.78 is 1.60. The summed E-state index contributed by atoms with van der Waals surface area (Å²) in [7, 11) is 0. The van der Waals surface area contributed by atoms with Gasteiger partial charge in [0.15, 0.2) is 5.65 Å². The molecule has 4 nitrogen and oxygen atoms in total. The van der Waals surface area contributed by atoms with Crippen molar-refractivity contribution in [2.45, 2.75) is 0 Å². The maximum absolute atomic E-state index is 6.13. The minimum Gasteiger partial charge on any atom is -0.384 e. The second kappa shape index (κ2) is 3.75. The zero-order chi connectivity index (χ0) is 11.8. The number of halogens is 1. The van der Waals surface area contributed by atoms with Crippen LogP contribution in [0.25, 0.3) is 16.9 Å². The minimum atomic E-state index is 0.549. The van der Waals surface area contributed by atoms with Crippen molar-refractivity contribution in [1.82, 2.24) is 14.6 Å². The van der Waals surface area contributed by atoms with Gasteiger partial charge in [0, 0.05) is 17.8 Å². The first kappa shape index (κ1) is 10.1. The standard InChI is InChI=1S/C12H9ClN4/c13-9-4-2-1-3-8(9)10-7-12-15-6-5-11(14)17(12)16-10/h1-7H,14H2. The summed E-state index contributed by atoms with van der Waals surface area (Å²) in [4.78, 5) is 4.20. The van der Waals surface area contributed by atoms with Crippen LogP contribution < -0.4 is 5.73 Å². The Morgan fingerprint density at radius 1 is 1.18 bits per heavy atom. The molecule has 0 fully saturated rings. The van der Waals surface area contributed by atoms with Crippen LogP contribution in [0.15, 0.2) is 42.6 Å². The van der Waals surface area contributed by atoms with E-state index in [1.54, 1.807) is 16.8 Å². The van der Waals surface area contributed by atoms with Gasteiger partial charge in [0.05, 0.1) is 10.7 Å². The van der Waals surface area contributed by atoms with Crippen molar-refractivity contribution in [3.05, 3.63) is 47.6 Å². The first-order chi connectivity index (χ1) is 8.25. The predicted octanol–water partition coefficient (Wildman–Crippen LogP) is 2.63. The van der Waals surface area contributed by atoms with Crippen LogP contribution in [0, 0.1) is 0 Å². The molecular weight excluding hydrogens is 236 g/mol. The molecule has 0 radical (unpaired) electrons. The lowest BCUT2D eigenvalue weighted by Crippen LogP contribution is -1.98. The normalized spacial score (nSPS) is 10.9. The molecule has 17 heavy (non-hydrogen) atoms. The van der Waals surface area contributed by atoms with Gasteiger partial charge in [0.1, 0.15) is 5.82 Å². The second-order valence-corrected chi connectivity index (χ2v) is 4.06. The molecule has 0 atom stereocenters. The van der Waals surface area contributed by atoms with Gasteiger partial charge in [-0.25, -0.2) is 4.98 Å². The zero-order valence-corrected chi connectivity index (χ0v) is 9.59. The first-order valence-electron chi connectivity index (χ1n) is 5.11. The van der Waals surface area contributed by atoms with Crippen molar-refractivity contribution in [2.24, 2.45) is 0 Å². The molecule has 0 amide bonds. The van der Waals surface area contributed by atoms with Crippen LogP contribution >= 0.6 is 11.6 Å². The fraction of sp³-hybridized carbons (Fsp3) is 0. The number of aromatic nitrogens is 3. The molecule has 5 heteroatoms. The number of hydrogen-bond donors (Lipinski definition) is 1. The summed E-state index contributed by atoms with van der Waals surface area (Å²) in [5.41, 5.74) is 8.16. The molecule has 0 saturated heterocycles. The molecular formula is C12H9ClN4. The van der Waals surface area contributed by atoms with Crippen LogP contribution in [0.3, 0.4) is 0 Å². The Balaban J connectivity index is 2.26. The van der Waals surface area contributed by atoms with Crippen LogP contribution in [0.4, 0.5) is 5.82 Å². The van der Waals surface area contributed by atoms with Crippen LogP contribution in [-0.2, 0) is 0 Å². The number of nitrogens with zero attached hydrogens (tertiary/aromatic N) is 3. The van der Waals surface area contributed by atoms with Gasteiger partial charge in [-0.05, 0) is 12.1 Å². The molecule has 0 unspecified atom stereocenters. The fourth-order valence-corrected chi connectivity index (χ4v) is 1.95. The number of benzene rings is 1. The summed E-state index contributed by atoms with van der Waals surface area (Å²) >= 11 is 6.13. The van der Waals surface area contributed by atoms with E-state index < -0.39 is 0 Å². The Kier molecular flexibility index (Phi) is 2.23. The van der Waals surface area contributed by atoms with Gasteiger partial charge in [-0.1, -0.05) is 29.8 Å². The third-order valence-electron chi connectivity index (χ3n) is 2.54. The van der Waals surface area contributed by atoms with E-state index in [2.05, 4.69) is 10.1 Å². The average molecular weight is 245 g/mol. The lowest BCUT2D eigenvalue weighted by molar-refractivity contribution is 0.956. The lowest BCUT2D eigenvalue weighted by Gasteiger charge is -1.98. The Morgan fingerprint density at radius 3 is 2.76 bits per heavy atom. The Bertz CT molecular complexity index is 690. The summed E-state index contributed by atoms with van der Waals surface area (Å²) in [6, 6.07) is 11.1. The van der Waals surface area contributed by atoms with Crippen LogP contribution in [-0.4, -0.2) is 14.6 Å². The van der Waals surface area contributed by atoms with Crippen LogP contribution in [0.1, 0.15) is 0 Å². The van der Waals surface area contributed by atoms with Crippen molar-refractivity contribution in [3.63, 3.8) is 0 Å². The smallest absolute Gasteiger partial charge is 0.157 e. The van der Waals surface area contributed by atoms with E-state index in [1.807, 2.05) is 30.3 Å². The summed E-state index contributed by atoms with van der Waals surface area (Å²) in [5.74, 6) is 0.549. The molecule has 2 heterocycles. The van der Waals surface area contributed by atoms with Gasteiger partial charge in [0.2, 0.25) is 0 Å². The number of rotatable bonds is 1. The van der Waals surface area contributed by atoms with E-state index in [0.717, 1.165) is 11.3 Å². The third kappa shape index (κ3) is 1.62. The summed E-state index contributed by atoms with van der Waals surface area (Å²) in [5, 5.41) is 5.05. The highest BCUT2D eigenvalue weighted by Gasteiger charge is 2.09. The third-order valence-corrected chi connectivity index (χ3v) is 2.87. The number of nitrogen functional groups attached to an aromatic ring is 1. The highest BCUT2D eigenvalue weighted by atomic mass is 35.5. The average Bonchev–Trinajstić information content (AvgIpc) is 2.75. The van der Waals surface area contributed by atoms with Crippen LogP contribution in [0.2, 0.25) is 5.02 Å². The summed E-state index contributed by atoms with van der Waals surface area (Å²) in [6.07, 6.45) is 1.66. The molecule has 0 aliphatic rings. The van der Waals surface area contributed by atoms with Gasteiger partial charge in [-0.2, -0.15) is 9.61 Å². The zero-order valence-electron chi connectivity index (χ0n) is 8.84. The molecule has 2 N–H and O–H groups in total.